The van der Waals surface area contributed by atoms with Gasteiger partial charge in [-0.3, -0.25) is 19.3 Å². The minimum absolute atomic E-state index is 0.0571. The summed E-state index contributed by atoms with van der Waals surface area (Å²) in [7, 11) is 0. The summed E-state index contributed by atoms with van der Waals surface area (Å²) in [6.07, 6.45) is 3.13. The molecule has 0 spiro atoms. The van der Waals surface area contributed by atoms with Crippen LogP contribution < -0.4 is 15.5 Å². The molecule has 0 unspecified atom stereocenters. The number of carbonyl (C=O) groups is 3. The van der Waals surface area contributed by atoms with Crippen molar-refractivity contribution in [2.24, 2.45) is 0 Å². The third-order valence-corrected chi connectivity index (χ3v) is 5.89. The predicted octanol–water partition coefficient (Wildman–Crippen LogP) is 3.73. The summed E-state index contributed by atoms with van der Waals surface area (Å²) in [5, 5.41) is 5.91. The van der Waals surface area contributed by atoms with Crippen LogP contribution in [0.1, 0.15) is 35.0 Å². The molecular formula is C26H26ClN3O5. The number of carbonyl (C=O) groups excluding carboxylic acids is 3. The Morgan fingerprint density at radius 3 is 2.54 bits per heavy atom. The number of benzene rings is 2. The number of hydrogen-bond donors (Lipinski definition) is 2. The molecule has 8 nitrogen and oxygen atoms in total. The second-order valence-electron chi connectivity index (χ2n) is 8.10. The van der Waals surface area contributed by atoms with E-state index in [4.69, 9.17) is 20.8 Å². The fourth-order valence-electron chi connectivity index (χ4n) is 3.97. The van der Waals surface area contributed by atoms with Gasteiger partial charge in [0.25, 0.3) is 5.91 Å². The van der Waals surface area contributed by atoms with Crippen LogP contribution in [0.15, 0.2) is 77.4 Å². The number of anilines is 1. The Morgan fingerprint density at radius 2 is 1.86 bits per heavy atom. The maximum atomic E-state index is 13.5. The smallest absolute Gasteiger partial charge is 0.287 e. The van der Waals surface area contributed by atoms with E-state index >= 15 is 0 Å². The number of furan rings is 1. The summed E-state index contributed by atoms with van der Waals surface area (Å²) in [5.74, 6) is -1.31. The lowest BCUT2D eigenvalue weighted by Gasteiger charge is -2.32. The molecule has 2 N–H and O–H groups in total. The molecule has 1 fully saturated rings. The Hall–Kier alpha value is -3.62. The van der Waals surface area contributed by atoms with Crippen LogP contribution in [0.4, 0.5) is 5.69 Å². The second-order valence-corrected chi connectivity index (χ2v) is 8.53. The third kappa shape index (κ3) is 6.29. The molecule has 0 bridgehead atoms. The zero-order valence-corrected chi connectivity index (χ0v) is 19.7. The molecule has 3 amide bonds. The molecule has 4 rings (SSSR count). The molecule has 3 aromatic rings. The van der Waals surface area contributed by atoms with Crippen LogP contribution in [-0.2, 0) is 14.3 Å². The summed E-state index contributed by atoms with van der Waals surface area (Å²) in [6.45, 7) is 0.661. The fraction of sp³-hybridized carbons (Fsp3) is 0.269. The van der Waals surface area contributed by atoms with Crippen molar-refractivity contribution in [3.63, 3.8) is 0 Å². The molecule has 35 heavy (non-hydrogen) atoms. The van der Waals surface area contributed by atoms with Gasteiger partial charge in [0.1, 0.15) is 6.04 Å². The number of hydrogen-bond acceptors (Lipinski definition) is 5. The molecule has 0 radical (unpaired) electrons. The molecule has 0 saturated carbocycles. The highest BCUT2D eigenvalue weighted by Gasteiger charge is 2.33. The van der Waals surface area contributed by atoms with E-state index in [-0.39, 0.29) is 24.3 Å². The average molecular weight is 496 g/mol. The van der Waals surface area contributed by atoms with Crippen molar-refractivity contribution in [3.8, 4) is 0 Å². The van der Waals surface area contributed by atoms with Gasteiger partial charge >= 0.3 is 0 Å². The van der Waals surface area contributed by atoms with E-state index in [0.29, 0.717) is 29.4 Å². The van der Waals surface area contributed by atoms with Gasteiger partial charge in [0.2, 0.25) is 11.8 Å². The summed E-state index contributed by atoms with van der Waals surface area (Å²) in [6, 6.07) is 17.8. The number of nitrogens with one attached hydrogen (secondary N) is 2. The van der Waals surface area contributed by atoms with Crippen LogP contribution in [-0.4, -0.2) is 43.5 Å². The molecule has 182 valence electrons. The highest BCUT2D eigenvalue weighted by atomic mass is 35.5. The standard InChI is InChI=1S/C26H26ClN3O5/c27-19-9-4-10-20(15-19)30(23(31)17-29-25(32)22-12-6-14-35-22)24(18-7-2-1-3-8-18)26(33)28-16-21-11-5-13-34-21/h1-4,6-10,12,14-15,21,24H,5,11,13,16-17H2,(H,28,33)(H,29,32)/t21-,24+/m1/s1. The predicted molar refractivity (Wildman–Crippen MR) is 131 cm³/mol. The van der Waals surface area contributed by atoms with E-state index in [1.807, 2.05) is 6.07 Å². The van der Waals surface area contributed by atoms with Crippen LogP contribution in [0.2, 0.25) is 5.02 Å². The Morgan fingerprint density at radius 1 is 1.03 bits per heavy atom. The van der Waals surface area contributed by atoms with E-state index in [1.165, 1.54) is 17.2 Å². The van der Waals surface area contributed by atoms with Crippen molar-refractivity contribution in [2.75, 3.05) is 24.6 Å². The normalized spacial score (nSPS) is 15.9. The molecule has 1 aliphatic rings. The Balaban J connectivity index is 1.63. The minimum atomic E-state index is -0.996. The summed E-state index contributed by atoms with van der Waals surface area (Å²) in [5.41, 5.74) is 1.04. The maximum Gasteiger partial charge on any atom is 0.287 e. The van der Waals surface area contributed by atoms with Gasteiger partial charge in [-0.05, 0) is 48.7 Å². The van der Waals surface area contributed by atoms with E-state index in [9.17, 15) is 14.4 Å². The summed E-state index contributed by atoms with van der Waals surface area (Å²) < 4.78 is 10.7. The molecule has 2 aromatic carbocycles. The highest BCUT2D eigenvalue weighted by molar-refractivity contribution is 6.31. The van der Waals surface area contributed by atoms with Gasteiger partial charge in [-0.1, -0.05) is 48.0 Å². The quantitative estimate of drug-likeness (QED) is 0.471. The van der Waals surface area contributed by atoms with Crippen molar-refractivity contribution >= 4 is 35.0 Å². The largest absolute Gasteiger partial charge is 0.459 e. The molecule has 2 heterocycles. The maximum absolute atomic E-state index is 13.5. The second kappa shape index (κ2) is 11.7. The van der Waals surface area contributed by atoms with Gasteiger partial charge in [-0.2, -0.15) is 0 Å². The SMILES string of the molecule is O=C(NCC(=O)N(c1cccc(Cl)c1)[C@H](C(=O)NC[C@H]1CCCO1)c1ccccc1)c1ccco1. The van der Waals surface area contributed by atoms with Crippen LogP contribution in [0.5, 0.6) is 0 Å². The summed E-state index contributed by atoms with van der Waals surface area (Å²) >= 11 is 6.23. The molecule has 2 atom stereocenters. The van der Waals surface area contributed by atoms with Gasteiger partial charge in [0.15, 0.2) is 5.76 Å². The van der Waals surface area contributed by atoms with Gasteiger partial charge in [0.05, 0.1) is 18.9 Å². The lowest BCUT2D eigenvalue weighted by molar-refractivity contribution is -0.126. The van der Waals surface area contributed by atoms with E-state index in [2.05, 4.69) is 10.6 Å². The first kappa shape index (κ1) is 24.5. The molecule has 0 aliphatic carbocycles. The Kier molecular flexibility index (Phi) is 8.18. The third-order valence-electron chi connectivity index (χ3n) is 5.65. The van der Waals surface area contributed by atoms with Gasteiger partial charge in [-0.25, -0.2) is 0 Å². The van der Waals surface area contributed by atoms with Crippen molar-refractivity contribution in [1.29, 1.82) is 0 Å². The van der Waals surface area contributed by atoms with Crippen LogP contribution in [0.25, 0.3) is 0 Å². The zero-order valence-electron chi connectivity index (χ0n) is 19.0. The lowest BCUT2D eigenvalue weighted by atomic mass is 10.0. The fourth-order valence-corrected chi connectivity index (χ4v) is 4.15. The number of nitrogens with zero attached hydrogens (tertiary/aromatic N) is 1. The molecule has 1 aromatic heterocycles. The lowest BCUT2D eigenvalue weighted by Crippen LogP contribution is -2.48. The topological polar surface area (TPSA) is 101 Å². The first-order valence-electron chi connectivity index (χ1n) is 11.4. The van der Waals surface area contributed by atoms with E-state index in [0.717, 1.165) is 12.8 Å². The molecular weight excluding hydrogens is 470 g/mol. The molecule has 9 heteroatoms. The number of ether oxygens (including phenoxy) is 1. The van der Waals surface area contributed by atoms with Gasteiger partial charge in [-0.15, -0.1) is 0 Å². The molecule has 1 aliphatic heterocycles. The number of amides is 3. The van der Waals surface area contributed by atoms with Gasteiger partial charge < -0.3 is 19.8 Å². The van der Waals surface area contributed by atoms with E-state index in [1.54, 1.807) is 54.6 Å². The van der Waals surface area contributed by atoms with Crippen molar-refractivity contribution < 1.29 is 23.5 Å². The van der Waals surface area contributed by atoms with Crippen LogP contribution in [0, 0.1) is 0 Å². The van der Waals surface area contributed by atoms with Crippen molar-refractivity contribution in [2.45, 2.75) is 25.0 Å². The average Bonchev–Trinajstić information content (AvgIpc) is 3.59. The molecule has 1 saturated heterocycles. The Labute approximate surface area is 208 Å². The van der Waals surface area contributed by atoms with Crippen molar-refractivity contribution in [1.82, 2.24) is 10.6 Å². The first-order chi connectivity index (χ1) is 17.0. The number of rotatable bonds is 9. The highest BCUT2D eigenvalue weighted by Crippen LogP contribution is 2.30. The number of halogens is 1. The minimum Gasteiger partial charge on any atom is -0.459 e. The van der Waals surface area contributed by atoms with Crippen LogP contribution in [0.3, 0.4) is 0 Å². The van der Waals surface area contributed by atoms with E-state index < -0.39 is 17.9 Å². The zero-order chi connectivity index (χ0) is 24.6. The Bertz CT molecular complexity index is 1150. The van der Waals surface area contributed by atoms with Crippen molar-refractivity contribution in [3.05, 3.63) is 89.3 Å². The first-order valence-corrected chi connectivity index (χ1v) is 11.7. The monoisotopic (exact) mass is 495 g/mol. The van der Waals surface area contributed by atoms with Crippen LogP contribution >= 0.6 is 11.6 Å². The summed E-state index contributed by atoms with van der Waals surface area (Å²) in [4.78, 5) is 40.8. The van der Waals surface area contributed by atoms with Gasteiger partial charge in [0, 0.05) is 23.9 Å².